The molecule has 6 N–H and O–H groups in total. The van der Waals surface area contributed by atoms with Crippen LogP contribution in [0, 0.1) is 11.8 Å². The molecule has 0 radical (unpaired) electrons. The first kappa shape index (κ1) is 30.1. The highest BCUT2D eigenvalue weighted by molar-refractivity contribution is 6.24. The molecule has 0 unspecified atom stereocenters. The van der Waals surface area contributed by atoms with Crippen molar-refractivity contribution in [1.82, 2.24) is 9.80 Å². The number of phenols is 1. The van der Waals surface area contributed by atoms with Gasteiger partial charge in [0.25, 0.3) is 5.91 Å². The molecule has 3 aliphatic carbocycles. The molecule has 6 rings (SSSR count). The van der Waals surface area contributed by atoms with Crippen LogP contribution in [0.3, 0.4) is 0 Å². The van der Waals surface area contributed by atoms with Gasteiger partial charge in [0.1, 0.15) is 22.8 Å². The number of aliphatic hydroxyl groups is 3. The average Bonchev–Trinajstić information content (AvgIpc) is 2.95. The molecule has 4 aliphatic rings. The third kappa shape index (κ3) is 4.24. The lowest BCUT2D eigenvalue weighted by Crippen LogP contribution is -2.65. The number of carbonyl (C=O) groups excluding carboxylic acids is 3. The highest BCUT2D eigenvalue weighted by atomic mass is 16.3. The Balaban J connectivity index is 1.54. The number of carbonyl (C=O) groups is 3. The topological polar surface area (TPSA) is 168 Å². The minimum atomic E-state index is -2.66. The molecule has 1 heterocycles. The van der Waals surface area contributed by atoms with E-state index in [9.17, 15) is 34.8 Å². The molecule has 2 aromatic carbocycles. The lowest BCUT2D eigenvalue weighted by atomic mass is 9.57. The Morgan fingerprint density at radius 1 is 1.05 bits per heavy atom. The number of aromatic hydroxyl groups is 1. The number of likely N-dealkylation sites (N-methyl/N-ethyl adjacent to an activating group) is 1. The number of anilines is 1. The molecule has 2 aromatic rings. The molecule has 1 saturated carbocycles. The maximum atomic E-state index is 14.2. The number of ketones is 2. The number of rotatable bonds is 5. The predicted molar refractivity (Wildman–Crippen MR) is 165 cm³/mol. The minimum absolute atomic E-state index is 0.0478. The van der Waals surface area contributed by atoms with E-state index in [2.05, 4.69) is 11.0 Å². The fourth-order valence-corrected chi connectivity index (χ4v) is 8.12. The van der Waals surface area contributed by atoms with Gasteiger partial charge in [0.15, 0.2) is 11.4 Å². The number of aliphatic hydroxyl groups excluding tert-OH is 2. The second kappa shape index (κ2) is 10.6. The Morgan fingerprint density at radius 3 is 2.34 bits per heavy atom. The summed E-state index contributed by atoms with van der Waals surface area (Å²) in [5, 5.41) is 47.8. The van der Waals surface area contributed by atoms with Crippen molar-refractivity contribution in [2.45, 2.75) is 50.3 Å². The molecule has 0 aromatic heterocycles. The van der Waals surface area contributed by atoms with Crippen LogP contribution in [0.2, 0.25) is 0 Å². The van der Waals surface area contributed by atoms with Gasteiger partial charge in [-0.25, -0.2) is 0 Å². The lowest BCUT2D eigenvalue weighted by Gasteiger charge is -2.50. The number of piperidine rings is 1. The number of phenolic OH excluding ortho intramolecular Hbond substituents is 1. The number of primary amides is 1. The number of benzene rings is 2. The summed E-state index contributed by atoms with van der Waals surface area (Å²) >= 11 is 0. The van der Waals surface area contributed by atoms with Gasteiger partial charge in [-0.3, -0.25) is 24.2 Å². The van der Waals surface area contributed by atoms with E-state index in [0.717, 1.165) is 49.1 Å². The molecule has 11 heteroatoms. The van der Waals surface area contributed by atoms with Crippen molar-refractivity contribution in [3.8, 4) is 5.75 Å². The van der Waals surface area contributed by atoms with Crippen molar-refractivity contribution < 1.29 is 34.8 Å². The number of nitrogens with two attached hydrogens (primary N) is 1. The first-order valence-corrected chi connectivity index (χ1v) is 15.1. The summed E-state index contributed by atoms with van der Waals surface area (Å²) in [5.74, 6) is -6.53. The number of likely N-dealkylation sites (tertiary alicyclic amines) is 1. The van der Waals surface area contributed by atoms with Crippen LogP contribution in [0.1, 0.15) is 42.4 Å². The van der Waals surface area contributed by atoms with Crippen LogP contribution in [0.25, 0.3) is 16.5 Å². The zero-order valence-corrected chi connectivity index (χ0v) is 25.6. The third-order valence-corrected chi connectivity index (χ3v) is 10.0. The molecule has 1 saturated heterocycles. The van der Waals surface area contributed by atoms with Gasteiger partial charge in [-0.1, -0.05) is 18.6 Å². The van der Waals surface area contributed by atoms with Crippen LogP contribution in [0.5, 0.6) is 5.75 Å². The van der Waals surface area contributed by atoms with Crippen molar-refractivity contribution in [3.05, 3.63) is 51.8 Å². The zero-order chi connectivity index (χ0) is 31.8. The van der Waals surface area contributed by atoms with E-state index >= 15 is 0 Å². The predicted octanol–water partition coefficient (Wildman–Crippen LogP) is 2.17. The van der Waals surface area contributed by atoms with Gasteiger partial charge in [0.2, 0.25) is 5.78 Å². The summed E-state index contributed by atoms with van der Waals surface area (Å²) < 4.78 is 0. The number of hydrogen-bond donors (Lipinski definition) is 5. The number of amides is 1. The highest BCUT2D eigenvalue weighted by Crippen LogP contribution is 2.55. The summed E-state index contributed by atoms with van der Waals surface area (Å²) in [7, 11) is 6.93. The van der Waals surface area contributed by atoms with Crippen molar-refractivity contribution in [2.75, 3.05) is 46.2 Å². The SMILES string of the molecule is CN(C)c1c2c(c(O)c3cc(CN4CCCCC4)ccc13)C(O)=C1C(=O)[C@]3(O)C(O)=C(C(N)=O)C(=O)[C@@H](N(C)C)[C@@H]3C[C@@H]1C2. The second-order valence-corrected chi connectivity index (χ2v) is 13.1. The molecule has 4 atom stereocenters. The van der Waals surface area contributed by atoms with Gasteiger partial charge in [-0.15, -0.1) is 0 Å². The largest absolute Gasteiger partial charge is 0.508 e. The lowest BCUT2D eigenvalue weighted by molar-refractivity contribution is -0.153. The Labute approximate surface area is 255 Å². The van der Waals surface area contributed by atoms with Crippen LogP contribution in [-0.4, -0.2) is 101 Å². The molecule has 1 aliphatic heterocycles. The van der Waals surface area contributed by atoms with Gasteiger partial charge in [0, 0.05) is 48.6 Å². The fraction of sp³-hybridized carbons (Fsp3) is 0.485. The molecule has 44 heavy (non-hydrogen) atoms. The van der Waals surface area contributed by atoms with Crippen LogP contribution >= 0.6 is 0 Å². The standard InChI is InChI=1S/C33H40N4O7/c1-35(2)25-18-9-8-16(15-37-10-6-5-7-11-37)12-19(18)27(38)23-20(25)13-17-14-21-26(36(3)4)29(40)24(32(34)43)31(42)33(21,44)30(41)22(17)28(23)39/h8-9,12,17,21,26,38-39,42,44H,5-7,10-11,13-15H2,1-4H3,(H2,34,43)/t17-,21-,26-,33-/m0/s1. The highest BCUT2D eigenvalue weighted by Gasteiger charge is 2.64. The Morgan fingerprint density at radius 2 is 1.73 bits per heavy atom. The van der Waals surface area contributed by atoms with E-state index in [1.54, 1.807) is 14.1 Å². The minimum Gasteiger partial charge on any atom is -0.508 e. The Kier molecular flexibility index (Phi) is 7.26. The Hall–Kier alpha value is -3.93. The van der Waals surface area contributed by atoms with Gasteiger partial charge in [-0.05, 0) is 76.0 Å². The average molecular weight is 605 g/mol. The summed E-state index contributed by atoms with van der Waals surface area (Å²) in [6, 6.07) is 4.85. The molecule has 2 fully saturated rings. The zero-order valence-electron chi connectivity index (χ0n) is 25.6. The number of nitrogens with zero attached hydrogens (tertiary/aromatic N) is 3. The number of fused-ring (bicyclic) bond motifs is 4. The maximum Gasteiger partial charge on any atom is 0.255 e. The maximum absolute atomic E-state index is 14.2. The van der Waals surface area contributed by atoms with Gasteiger partial charge in [-0.2, -0.15) is 0 Å². The number of Topliss-reactive ketones (excluding diaryl/α,β-unsaturated/α-hetero) is 2. The van der Waals surface area contributed by atoms with Crippen LogP contribution in [0.4, 0.5) is 5.69 Å². The van der Waals surface area contributed by atoms with E-state index in [4.69, 9.17) is 5.73 Å². The van der Waals surface area contributed by atoms with Gasteiger partial charge in [0.05, 0.1) is 11.6 Å². The van der Waals surface area contributed by atoms with E-state index < -0.39 is 58.0 Å². The molecule has 0 bridgehead atoms. The van der Waals surface area contributed by atoms with Gasteiger partial charge >= 0.3 is 0 Å². The van der Waals surface area contributed by atoms with Crippen LogP contribution in [0.15, 0.2) is 35.1 Å². The third-order valence-electron chi connectivity index (χ3n) is 10.0. The van der Waals surface area contributed by atoms with Crippen molar-refractivity contribution in [3.63, 3.8) is 0 Å². The molecule has 234 valence electrons. The monoisotopic (exact) mass is 604 g/mol. The molecule has 1 amide bonds. The second-order valence-electron chi connectivity index (χ2n) is 13.1. The first-order chi connectivity index (χ1) is 20.8. The van der Waals surface area contributed by atoms with Crippen LogP contribution < -0.4 is 10.6 Å². The Bertz CT molecular complexity index is 1670. The van der Waals surface area contributed by atoms with Crippen molar-refractivity contribution in [1.29, 1.82) is 0 Å². The molecular formula is C33H40N4O7. The normalized spacial score (nSPS) is 27.5. The first-order valence-electron chi connectivity index (χ1n) is 15.1. The van der Waals surface area contributed by atoms with E-state index in [-0.39, 0.29) is 29.7 Å². The van der Waals surface area contributed by atoms with Crippen LogP contribution in [-0.2, 0) is 27.3 Å². The summed E-state index contributed by atoms with van der Waals surface area (Å²) in [6.07, 6.45) is 3.81. The van der Waals surface area contributed by atoms with Gasteiger partial charge < -0.3 is 31.1 Å². The van der Waals surface area contributed by atoms with E-state index in [1.807, 2.05) is 31.1 Å². The molecular weight excluding hydrogens is 564 g/mol. The molecule has 0 spiro atoms. The van der Waals surface area contributed by atoms with Crippen molar-refractivity contribution >= 4 is 39.7 Å². The quantitative estimate of drug-likeness (QED) is 0.319. The summed E-state index contributed by atoms with van der Waals surface area (Å²) in [4.78, 5) is 45.6. The van der Waals surface area contributed by atoms with Crippen molar-refractivity contribution in [2.24, 2.45) is 17.6 Å². The summed E-state index contributed by atoms with van der Waals surface area (Å²) in [6.45, 7) is 2.75. The fourth-order valence-electron chi connectivity index (χ4n) is 8.12. The summed E-state index contributed by atoms with van der Waals surface area (Å²) in [5.41, 5.74) is 4.35. The van der Waals surface area contributed by atoms with E-state index in [1.165, 1.54) is 11.3 Å². The molecule has 11 nitrogen and oxygen atoms in total. The smallest absolute Gasteiger partial charge is 0.255 e. The van der Waals surface area contributed by atoms with E-state index in [0.29, 0.717) is 10.9 Å². The number of hydrogen-bond acceptors (Lipinski definition) is 10.